The van der Waals surface area contributed by atoms with Gasteiger partial charge in [-0.25, -0.2) is 8.42 Å². The van der Waals surface area contributed by atoms with E-state index in [-0.39, 0.29) is 30.7 Å². The summed E-state index contributed by atoms with van der Waals surface area (Å²) in [5, 5.41) is 11.7. The molecule has 3 atom stereocenters. The van der Waals surface area contributed by atoms with Crippen molar-refractivity contribution in [1.29, 1.82) is 0 Å². The minimum Gasteiger partial charge on any atom is -0.379 e. The molecule has 2 fully saturated rings. The zero-order valence-corrected chi connectivity index (χ0v) is 21.2. The van der Waals surface area contributed by atoms with Crippen molar-refractivity contribution in [1.82, 2.24) is 9.21 Å². The third-order valence-corrected chi connectivity index (χ3v) is 10.0. The number of anilines is 1. The van der Waals surface area contributed by atoms with Crippen LogP contribution in [0.15, 0.2) is 46.0 Å². The van der Waals surface area contributed by atoms with E-state index in [1.54, 1.807) is 29.6 Å². The Morgan fingerprint density at radius 3 is 2.46 bits per heavy atom. The molecule has 2 aliphatic rings. The first-order valence-corrected chi connectivity index (χ1v) is 13.7. The van der Waals surface area contributed by atoms with Gasteiger partial charge in [0.2, 0.25) is 0 Å². The second-order valence-corrected chi connectivity index (χ2v) is 12.3. The number of hydrogen-bond donors (Lipinski definition) is 1. The molecule has 35 heavy (non-hydrogen) atoms. The Balaban J connectivity index is 1.60. The lowest BCUT2D eigenvalue weighted by atomic mass is 9.95. The first-order chi connectivity index (χ1) is 16.4. The van der Waals surface area contributed by atoms with Crippen LogP contribution in [0.25, 0.3) is 0 Å². The molecule has 0 spiro atoms. The van der Waals surface area contributed by atoms with Crippen LogP contribution in [0.1, 0.15) is 19.4 Å². The molecule has 0 aliphatic carbocycles. The van der Waals surface area contributed by atoms with Crippen LogP contribution in [0, 0.1) is 0 Å². The summed E-state index contributed by atoms with van der Waals surface area (Å²) in [7, 11) is -3.63. The van der Waals surface area contributed by atoms with Gasteiger partial charge >= 0.3 is 6.18 Å². The fraction of sp³-hybridized carbons (Fsp3) is 0.565. The molecule has 2 aromatic rings. The van der Waals surface area contributed by atoms with Crippen molar-refractivity contribution >= 4 is 27.0 Å². The van der Waals surface area contributed by atoms with E-state index in [2.05, 4.69) is 16.7 Å². The number of alkyl halides is 3. The van der Waals surface area contributed by atoms with E-state index in [1.807, 2.05) is 0 Å². The van der Waals surface area contributed by atoms with Gasteiger partial charge in [-0.15, -0.1) is 11.3 Å². The van der Waals surface area contributed by atoms with E-state index in [0.717, 1.165) is 13.5 Å². The Hall–Kier alpha value is -1.70. The van der Waals surface area contributed by atoms with Crippen LogP contribution in [-0.2, 0) is 20.4 Å². The largest absolute Gasteiger partial charge is 0.421 e. The topological polar surface area (TPSA) is 73.3 Å². The van der Waals surface area contributed by atoms with Gasteiger partial charge < -0.3 is 14.7 Å². The molecule has 4 rings (SSSR count). The normalized spacial score (nSPS) is 24.9. The first-order valence-electron chi connectivity index (χ1n) is 11.4. The lowest BCUT2D eigenvalue weighted by molar-refractivity contribution is -0.258. The zero-order chi connectivity index (χ0) is 25.4. The number of sulfonamides is 1. The maximum absolute atomic E-state index is 13.3. The van der Waals surface area contributed by atoms with Crippen molar-refractivity contribution < 1.29 is 31.4 Å². The molecule has 2 aliphatic heterocycles. The van der Waals surface area contributed by atoms with Gasteiger partial charge in [0.1, 0.15) is 4.21 Å². The van der Waals surface area contributed by atoms with Crippen LogP contribution in [0.2, 0.25) is 0 Å². The third kappa shape index (κ3) is 5.37. The first kappa shape index (κ1) is 26.4. The number of ether oxygens (including phenoxy) is 1. The Bertz CT molecular complexity index is 1090. The lowest BCUT2D eigenvalue weighted by Crippen LogP contribution is -2.60. The Labute approximate surface area is 207 Å². The van der Waals surface area contributed by atoms with Crippen LogP contribution in [0.5, 0.6) is 0 Å². The SMILES string of the molecule is C[C@@H]1COCCN1CC1CN(S(=O)(=O)c2cccs2)CCN1c1ccc([C@](C)(O)C(F)(F)F)cc1. The summed E-state index contributed by atoms with van der Waals surface area (Å²) < 4.78 is 73.5. The minimum atomic E-state index is -4.80. The van der Waals surface area contributed by atoms with Crippen molar-refractivity contribution in [2.45, 2.75) is 41.9 Å². The third-order valence-electron chi connectivity index (χ3n) is 6.80. The average molecular weight is 534 g/mol. The van der Waals surface area contributed by atoms with E-state index in [1.165, 1.54) is 27.8 Å². The molecule has 0 amide bonds. The van der Waals surface area contributed by atoms with Gasteiger partial charge in [0.05, 0.1) is 19.3 Å². The monoisotopic (exact) mass is 533 g/mol. The second-order valence-electron chi connectivity index (χ2n) is 9.18. The molecule has 1 N–H and O–H groups in total. The number of halogens is 3. The number of piperazine rings is 1. The molecule has 1 aromatic heterocycles. The summed E-state index contributed by atoms with van der Waals surface area (Å²) in [4.78, 5) is 4.31. The van der Waals surface area contributed by atoms with Gasteiger partial charge in [0.15, 0.2) is 5.60 Å². The summed E-state index contributed by atoms with van der Waals surface area (Å²) in [5.74, 6) is 0. The molecule has 1 unspecified atom stereocenters. The Morgan fingerprint density at radius 1 is 1.14 bits per heavy atom. The number of nitrogens with zero attached hydrogens (tertiary/aromatic N) is 3. The van der Waals surface area contributed by atoms with Gasteiger partial charge in [-0.3, -0.25) is 4.90 Å². The number of aliphatic hydroxyl groups is 1. The van der Waals surface area contributed by atoms with E-state index in [4.69, 9.17) is 4.74 Å². The summed E-state index contributed by atoms with van der Waals surface area (Å²) >= 11 is 1.18. The number of morpholine rings is 1. The molecule has 0 saturated carbocycles. The van der Waals surface area contributed by atoms with E-state index < -0.39 is 21.8 Å². The van der Waals surface area contributed by atoms with Gasteiger partial charge in [-0.1, -0.05) is 18.2 Å². The van der Waals surface area contributed by atoms with E-state index >= 15 is 0 Å². The van der Waals surface area contributed by atoms with Gasteiger partial charge in [-0.05, 0) is 43.0 Å². The quantitative estimate of drug-likeness (QED) is 0.615. The van der Waals surface area contributed by atoms with Crippen molar-refractivity contribution in [2.24, 2.45) is 0 Å². The highest BCUT2D eigenvalue weighted by Gasteiger charge is 2.51. The standard InChI is InChI=1S/C23H30F3N3O4S2/c1-17-16-33-12-11-27(17)14-20-15-28(35(31,32)21-4-3-13-34-21)9-10-29(20)19-7-5-18(6-8-19)22(2,30)23(24,25)26/h3-8,13,17,20,30H,9-12,14-16H2,1-2H3/t17-,20?,22+/m1/s1. The molecule has 12 heteroatoms. The van der Waals surface area contributed by atoms with Crippen LogP contribution >= 0.6 is 11.3 Å². The molecule has 0 bridgehead atoms. The summed E-state index contributed by atoms with van der Waals surface area (Å²) in [5.41, 5.74) is -2.52. The van der Waals surface area contributed by atoms with Gasteiger partial charge in [0, 0.05) is 44.5 Å². The summed E-state index contributed by atoms with van der Waals surface area (Å²) in [6.07, 6.45) is -4.80. The highest BCUT2D eigenvalue weighted by molar-refractivity contribution is 7.91. The summed E-state index contributed by atoms with van der Waals surface area (Å²) in [6.45, 7) is 6.19. The highest BCUT2D eigenvalue weighted by Crippen LogP contribution is 2.39. The maximum Gasteiger partial charge on any atom is 0.421 e. The lowest BCUT2D eigenvalue weighted by Gasteiger charge is -2.45. The van der Waals surface area contributed by atoms with Crippen LogP contribution in [-0.4, -0.2) is 86.9 Å². The van der Waals surface area contributed by atoms with Crippen LogP contribution in [0.3, 0.4) is 0 Å². The fourth-order valence-electron chi connectivity index (χ4n) is 4.52. The van der Waals surface area contributed by atoms with Crippen molar-refractivity contribution in [3.63, 3.8) is 0 Å². The number of hydrogen-bond acceptors (Lipinski definition) is 7. The number of thiophene rings is 1. The average Bonchev–Trinajstić information content (AvgIpc) is 3.36. The van der Waals surface area contributed by atoms with Crippen LogP contribution < -0.4 is 4.90 Å². The number of rotatable bonds is 6. The Kier molecular flexibility index (Phi) is 7.52. The van der Waals surface area contributed by atoms with Crippen LogP contribution in [0.4, 0.5) is 18.9 Å². The highest BCUT2D eigenvalue weighted by atomic mass is 32.2. The molecule has 7 nitrogen and oxygen atoms in total. The van der Waals surface area contributed by atoms with E-state index in [9.17, 15) is 26.7 Å². The van der Waals surface area contributed by atoms with Crippen molar-refractivity contribution in [3.8, 4) is 0 Å². The zero-order valence-electron chi connectivity index (χ0n) is 19.6. The van der Waals surface area contributed by atoms with Crippen molar-refractivity contribution in [2.75, 3.05) is 50.8 Å². The molecular weight excluding hydrogens is 503 g/mol. The predicted octanol–water partition coefficient (Wildman–Crippen LogP) is 3.12. The van der Waals surface area contributed by atoms with Gasteiger partial charge in [0.25, 0.3) is 10.0 Å². The summed E-state index contributed by atoms with van der Waals surface area (Å²) in [6, 6.07) is 8.95. The predicted molar refractivity (Wildman–Crippen MR) is 128 cm³/mol. The molecule has 3 heterocycles. The Morgan fingerprint density at radius 2 is 1.86 bits per heavy atom. The number of benzene rings is 1. The molecule has 0 radical (unpaired) electrons. The van der Waals surface area contributed by atoms with Gasteiger partial charge in [-0.2, -0.15) is 17.5 Å². The molecule has 194 valence electrons. The van der Waals surface area contributed by atoms with Crippen molar-refractivity contribution in [3.05, 3.63) is 47.3 Å². The second kappa shape index (κ2) is 9.98. The molecule has 2 saturated heterocycles. The fourth-order valence-corrected chi connectivity index (χ4v) is 7.14. The smallest absolute Gasteiger partial charge is 0.379 e. The van der Waals surface area contributed by atoms with E-state index in [0.29, 0.717) is 36.2 Å². The molecular formula is C23H30F3N3O4S2. The maximum atomic E-state index is 13.3. The minimum absolute atomic E-state index is 0.166. The molecule has 1 aromatic carbocycles.